The summed E-state index contributed by atoms with van der Waals surface area (Å²) in [5.41, 5.74) is 1.94. The molecule has 1 N–H and O–H groups in total. The van der Waals surface area contributed by atoms with Crippen LogP contribution < -0.4 is 10.2 Å². The van der Waals surface area contributed by atoms with Crippen LogP contribution in [-0.4, -0.2) is 19.1 Å². The Morgan fingerprint density at radius 2 is 1.93 bits per heavy atom. The first-order chi connectivity index (χ1) is 6.63. The number of hydrogen-bond acceptors (Lipinski definition) is 3. The molecule has 14 heavy (non-hydrogen) atoms. The molecule has 0 aliphatic carbocycles. The van der Waals surface area contributed by atoms with Gasteiger partial charge in [0.1, 0.15) is 6.07 Å². The maximum absolute atomic E-state index is 8.48. The smallest absolute Gasteiger partial charge is 0.182 e. The van der Waals surface area contributed by atoms with E-state index in [1.54, 1.807) is 0 Å². The molecule has 1 rings (SSSR count). The van der Waals surface area contributed by atoms with E-state index in [0.717, 1.165) is 11.4 Å². The fourth-order valence-electron chi connectivity index (χ4n) is 1.00. The molecule has 0 bridgehead atoms. The van der Waals surface area contributed by atoms with Gasteiger partial charge in [-0.25, -0.2) is 0 Å². The fourth-order valence-corrected chi connectivity index (χ4v) is 1.12. The minimum absolute atomic E-state index is 0.183. The number of thiocarbonyl (C=S) groups is 1. The molecule has 0 radical (unpaired) electrons. The van der Waals surface area contributed by atoms with Crippen LogP contribution in [0.1, 0.15) is 0 Å². The number of nitriles is 1. The molecule has 4 heteroatoms. The second-order valence-electron chi connectivity index (χ2n) is 3.01. The van der Waals surface area contributed by atoms with Crippen molar-refractivity contribution in [3.8, 4) is 6.07 Å². The van der Waals surface area contributed by atoms with Crippen molar-refractivity contribution < 1.29 is 0 Å². The minimum Gasteiger partial charge on any atom is -0.378 e. The molecule has 0 spiro atoms. The van der Waals surface area contributed by atoms with Crippen molar-refractivity contribution in [3.63, 3.8) is 0 Å². The number of rotatable bonds is 2. The molecule has 0 unspecified atom stereocenters. The van der Waals surface area contributed by atoms with Crippen molar-refractivity contribution >= 4 is 28.6 Å². The van der Waals surface area contributed by atoms with Gasteiger partial charge in [-0.15, -0.1) is 0 Å². The lowest BCUT2D eigenvalue weighted by atomic mass is 10.2. The summed E-state index contributed by atoms with van der Waals surface area (Å²) < 4.78 is 0. The van der Waals surface area contributed by atoms with E-state index < -0.39 is 0 Å². The van der Waals surface area contributed by atoms with E-state index in [1.165, 1.54) is 0 Å². The Hall–Kier alpha value is -1.60. The average molecular weight is 205 g/mol. The van der Waals surface area contributed by atoms with Gasteiger partial charge >= 0.3 is 0 Å². The molecular formula is C10H11N3S. The Bertz CT molecular complexity index is 362. The van der Waals surface area contributed by atoms with Gasteiger partial charge < -0.3 is 10.2 Å². The number of nitrogens with zero attached hydrogens (tertiary/aromatic N) is 2. The van der Waals surface area contributed by atoms with Crippen LogP contribution >= 0.6 is 12.2 Å². The van der Waals surface area contributed by atoms with Gasteiger partial charge in [0.15, 0.2) is 4.99 Å². The van der Waals surface area contributed by atoms with Crippen LogP contribution in [0.2, 0.25) is 0 Å². The quantitative estimate of drug-likeness (QED) is 0.750. The largest absolute Gasteiger partial charge is 0.378 e. The Balaban J connectivity index is 2.75. The van der Waals surface area contributed by atoms with Crippen molar-refractivity contribution in [2.24, 2.45) is 0 Å². The van der Waals surface area contributed by atoms with Gasteiger partial charge in [-0.05, 0) is 36.5 Å². The van der Waals surface area contributed by atoms with Crippen LogP contribution in [0.5, 0.6) is 0 Å². The molecule has 0 saturated heterocycles. The van der Waals surface area contributed by atoms with E-state index >= 15 is 0 Å². The third-order valence-corrected chi connectivity index (χ3v) is 1.94. The van der Waals surface area contributed by atoms with Gasteiger partial charge in [0.2, 0.25) is 0 Å². The molecule has 72 valence electrons. The summed E-state index contributed by atoms with van der Waals surface area (Å²) >= 11 is 4.74. The van der Waals surface area contributed by atoms with Crippen LogP contribution in [-0.2, 0) is 0 Å². The Labute approximate surface area is 89.0 Å². The molecule has 0 aliphatic heterocycles. The van der Waals surface area contributed by atoms with Gasteiger partial charge in [-0.1, -0.05) is 0 Å². The fraction of sp³-hybridized carbons (Fsp3) is 0.200. The highest BCUT2D eigenvalue weighted by Gasteiger charge is 1.97. The van der Waals surface area contributed by atoms with E-state index in [-0.39, 0.29) is 4.99 Å². The number of benzene rings is 1. The zero-order chi connectivity index (χ0) is 10.6. The van der Waals surface area contributed by atoms with Crippen LogP contribution in [0.3, 0.4) is 0 Å². The zero-order valence-corrected chi connectivity index (χ0v) is 8.93. The van der Waals surface area contributed by atoms with E-state index in [0.29, 0.717) is 0 Å². The first-order valence-corrected chi connectivity index (χ1v) is 4.53. The SMILES string of the molecule is CN(C)c1ccc(NC(=S)C#N)cc1. The summed E-state index contributed by atoms with van der Waals surface area (Å²) in [5.74, 6) is 0. The Morgan fingerprint density at radius 3 is 2.36 bits per heavy atom. The average Bonchev–Trinajstić information content (AvgIpc) is 2.18. The molecule has 0 atom stereocenters. The summed E-state index contributed by atoms with van der Waals surface area (Å²) in [4.78, 5) is 2.19. The van der Waals surface area contributed by atoms with Gasteiger partial charge in [0, 0.05) is 25.5 Å². The molecular weight excluding hydrogens is 194 g/mol. The van der Waals surface area contributed by atoms with Crippen molar-refractivity contribution in [1.29, 1.82) is 5.26 Å². The zero-order valence-electron chi connectivity index (χ0n) is 8.11. The second kappa shape index (κ2) is 4.58. The summed E-state index contributed by atoms with van der Waals surface area (Å²) in [6, 6.07) is 9.56. The van der Waals surface area contributed by atoms with E-state index in [9.17, 15) is 0 Å². The maximum Gasteiger partial charge on any atom is 0.182 e. The molecule has 1 aromatic rings. The monoisotopic (exact) mass is 205 g/mol. The van der Waals surface area contributed by atoms with E-state index in [2.05, 4.69) is 5.32 Å². The van der Waals surface area contributed by atoms with Crippen molar-refractivity contribution in [3.05, 3.63) is 24.3 Å². The molecule has 3 nitrogen and oxygen atoms in total. The third kappa shape index (κ3) is 2.71. The lowest BCUT2D eigenvalue weighted by Gasteiger charge is -2.12. The van der Waals surface area contributed by atoms with Crippen LogP contribution in [0, 0.1) is 11.3 Å². The number of hydrogen-bond donors (Lipinski definition) is 1. The maximum atomic E-state index is 8.48. The third-order valence-electron chi connectivity index (χ3n) is 1.74. The highest BCUT2D eigenvalue weighted by Crippen LogP contribution is 2.15. The van der Waals surface area contributed by atoms with Crippen molar-refractivity contribution in [2.45, 2.75) is 0 Å². The van der Waals surface area contributed by atoms with Gasteiger partial charge in [0.05, 0.1) is 0 Å². The lowest BCUT2D eigenvalue weighted by Crippen LogP contribution is -2.09. The van der Waals surface area contributed by atoms with Gasteiger partial charge in [0.25, 0.3) is 0 Å². The summed E-state index contributed by atoms with van der Waals surface area (Å²) in [6.45, 7) is 0. The van der Waals surface area contributed by atoms with Crippen LogP contribution in [0.4, 0.5) is 11.4 Å². The molecule has 0 aromatic heterocycles. The molecule has 0 amide bonds. The first-order valence-electron chi connectivity index (χ1n) is 4.12. The first kappa shape index (κ1) is 10.5. The van der Waals surface area contributed by atoms with Crippen LogP contribution in [0.25, 0.3) is 0 Å². The molecule has 0 fully saturated rings. The predicted molar refractivity (Wildman–Crippen MR) is 62.6 cm³/mol. The normalized spacial score (nSPS) is 8.93. The minimum atomic E-state index is 0.183. The predicted octanol–water partition coefficient (Wildman–Crippen LogP) is 2.02. The molecule has 1 aromatic carbocycles. The number of nitrogens with one attached hydrogen (secondary N) is 1. The van der Waals surface area contributed by atoms with Crippen molar-refractivity contribution in [2.75, 3.05) is 24.3 Å². The van der Waals surface area contributed by atoms with Gasteiger partial charge in [-0.2, -0.15) is 5.26 Å². The summed E-state index contributed by atoms with van der Waals surface area (Å²) in [5, 5.41) is 11.3. The molecule has 0 aliphatic rings. The summed E-state index contributed by atoms with van der Waals surface area (Å²) in [6.07, 6.45) is 0. The van der Waals surface area contributed by atoms with E-state index in [1.807, 2.05) is 49.3 Å². The van der Waals surface area contributed by atoms with Crippen LogP contribution in [0.15, 0.2) is 24.3 Å². The Kier molecular flexibility index (Phi) is 3.43. The second-order valence-corrected chi connectivity index (χ2v) is 3.42. The van der Waals surface area contributed by atoms with Gasteiger partial charge in [-0.3, -0.25) is 0 Å². The lowest BCUT2D eigenvalue weighted by molar-refractivity contribution is 1.13. The highest BCUT2D eigenvalue weighted by molar-refractivity contribution is 7.81. The van der Waals surface area contributed by atoms with Crippen molar-refractivity contribution in [1.82, 2.24) is 0 Å². The Morgan fingerprint density at radius 1 is 1.36 bits per heavy atom. The van der Waals surface area contributed by atoms with E-state index in [4.69, 9.17) is 17.5 Å². The standard InChI is InChI=1S/C10H11N3S/c1-13(2)9-5-3-8(4-6-9)12-10(14)7-11/h3-6H,1-2H3,(H,12,14). The highest BCUT2D eigenvalue weighted by atomic mass is 32.1. The molecule has 0 saturated carbocycles. The molecule has 0 heterocycles. The topological polar surface area (TPSA) is 39.1 Å². The number of anilines is 2. The summed E-state index contributed by atoms with van der Waals surface area (Å²) in [7, 11) is 3.95.